The predicted molar refractivity (Wildman–Crippen MR) is 40.7 cm³/mol. The normalized spacial score (nSPS) is 13.6. The Kier molecular flexibility index (Phi) is 4.17. The molecule has 6 heteroatoms. The summed E-state index contributed by atoms with van der Waals surface area (Å²) in [6.45, 7) is 0. The van der Waals surface area contributed by atoms with Gasteiger partial charge in [-0.1, -0.05) is 0 Å². The zero-order chi connectivity index (χ0) is 9.61. The van der Waals surface area contributed by atoms with Crippen LogP contribution in [0.2, 0.25) is 0 Å². The van der Waals surface area contributed by atoms with Crippen molar-refractivity contribution in [2.75, 3.05) is 14.1 Å². The lowest BCUT2D eigenvalue weighted by atomic mass is 10.5. The van der Waals surface area contributed by atoms with Crippen LogP contribution in [0.1, 0.15) is 0 Å². The number of nitrogens with zero attached hydrogens (tertiary/aromatic N) is 1. The smallest absolute Gasteiger partial charge is 0.393 e. The third-order valence-corrected chi connectivity index (χ3v) is 0.962. The van der Waals surface area contributed by atoms with E-state index in [0.29, 0.717) is 0 Å². The Morgan fingerprint density at radius 3 is 2.25 bits per heavy atom. The summed E-state index contributed by atoms with van der Waals surface area (Å²) in [5, 5.41) is 4.53. The van der Waals surface area contributed by atoms with Crippen molar-refractivity contribution in [1.29, 1.82) is 0 Å². The molecule has 0 heterocycles. The van der Waals surface area contributed by atoms with Gasteiger partial charge < -0.3 is 10.6 Å². The van der Waals surface area contributed by atoms with E-state index < -0.39 is 12.0 Å². The summed E-state index contributed by atoms with van der Waals surface area (Å²) in [6, 6.07) is 0. The number of hydrogen-bond donors (Lipinski definition) is 2. The molecule has 0 spiro atoms. The Morgan fingerprint density at radius 1 is 1.33 bits per heavy atom. The van der Waals surface area contributed by atoms with E-state index in [9.17, 15) is 13.2 Å². The second-order valence-electron chi connectivity index (χ2n) is 1.84. The molecule has 0 unspecified atom stereocenters. The third kappa shape index (κ3) is 3.85. The van der Waals surface area contributed by atoms with E-state index in [1.54, 1.807) is 7.05 Å². The van der Waals surface area contributed by atoms with Crippen LogP contribution in [0.25, 0.3) is 0 Å². The van der Waals surface area contributed by atoms with Crippen molar-refractivity contribution in [3.8, 4) is 0 Å². The molecule has 3 nitrogen and oxygen atoms in total. The van der Waals surface area contributed by atoms with E-state index in [1.807, 2.05) is 5.32 Å². The molecule has 0 aromatic heterocycles. The highest BCUT2D eigenvalue weighted by atomic mass is 19.4. The molecule has 0 saturated heterocycles. The lowest BCUT2D eigenvalue weighted by Gasteiger charge is -2.08. The van der Waals surface area contributed by atoms with Crippen LogP contribution in [0.3, 0.4) is 0 Å². The molecule has 0 saturated carbocycles. The van der Waals surface area contributed by atoms with Gasteiger partial charge in [0.1, 0.15) is 0 Å². The van der Waals surface area contributed by atoms with Gasteiger partial charge in [-0.2, -0.15) is 13.2 Å². The molecule has 0 radical (unpaired) electrons. The minimum Gasteiger partial charge on any atom is -0.393 e. The molecule has 0 amide bonds. The molecule has 0 aliphatic rings. The Hall–Kier alpha value is -1.20. The minimum absolute atomic E-state index is 1.02. The fourth-order valence-electron chi connectivity index (χ4n) is 0.477. The van der Waals surface area contributed by atoms with Crippen LogP contribution in [-0.2, 0) is 0 Å². The van der Waals surface area contributed by atoms with Crippen molar-refractivity contribution in [1.82, 2.24) is 10.6 Å². The first-order valence-corrected chi connectivity index (χ1v) is 3.15. The zero-order valence-electron chi connectivity index (χ0n) is 6.74. The van der Waals surface area contributed by atoms with Gasteiger partial charge in [-0.15, -0.1) is 0 Å². The molecule has 12 heavy (non-hydrogen) atoms. The second-order valence-corrected chi connectivity index (χ2v) is 1.84. The molecule has 0 fully saturated rings. The SMILES string of the molecule is CN=C(N/C=C/NC)C(F)(F)F. The molecule has 0 rings (SSSR count). The monoisotopic (exact) mass is 181 g/mol. The minimum atomic E-state index is -4.42. The Morgan fingerprint density at radius 2 is 1.92 bits per heavy atom. The standard InChI is InChI=1S/C6H10F3N3/c1-10-3-4-12-5(11-2)6(7,8)9/h3-4,10H,1-2H3,(H,11,12)/b4-3+. The van der Waals surface area contributed by atoms with E-state index in [0.717, 1.165) is 13.2 Å². The summed E-state index contributed by atoms with van der Waals surface area (Å²) in [5.41, 5.74) is 0. The van der Waals surface area contributed by atoms with Crippen LogP contribution in [0.4, 0.5) is 13.2 Å². The lowest BCUT2D eigenvalue weighted by Crippen LogP contribution is -2.34. The summed E-state index contributed by atoms with van der Waals surface area (Å²) in [4.78, 5) is 3.03. The maximum atomic E-state index is 11.9. The van der Waals surface area contributed by atoms with Gasteiger partial charge in [0.2, 0.25) is 5.84 Å². The molecular formula is C6H10F3N3. The Bertz CT molecular complexity index is 183. The van der Waals surface area contributed by atoms with Crippen LogP contribution >= 0.6 is 0 Å². The van der Waals surface area contributed by atoms with Crippen molar-refractivity contribution in [3.63, 3.8) is 0 Å². The summed E-state index contributed by atoms with van der Waals surface area (Å²) in [5.74, 6) is -1.02. The van der Waals surface area contributed by atoms with Crippen molar-refractivity contribution < 1.29 is 13.2 Å². The topological polar surface area (TPSA) is 36.4 Å². The molecular weight excluding hydrogens is 171 g/mol. The molecule has 0 aliphatic carbocycles. The average molecular weight is 181 g/mol. The molecule has 0 aromatic rings. The van der Waals surface area contributed by atoms with Crippen molar-refractivity contribution in [2.45, 2.75) is 6.18 Å². The molecule has 2 N–H and O–H groups in total. The van der Waals surface area contributed by atoms with Gasteiger partial charge in [0.25, 0.3) is 0 Å². The summed E-state index contributed by atoms with van der Waals surface area (Å²) in [6.07, 6.45) is -1.97. The number of halogens is 3. The highest BCUT2D eigenvalue weighted by Crippen LogP contribution is 2.15. The van der Waals surface area contributed by atoms with Crippen LogP contribution in [0.15, 0.2) is 17.4 Å². The first-order valence-electron chi connectivity index (χ1n) is 3.15. The van der Waals surface area contributed by atoms with Gasteiger partial charge in [-0.3, -0.25) is 4.99 Å². The van der Waals surface area contributed by atoms with Crippen LogP contribution in [0.5, 0.6) is 0 Å². The zero-order valence-corrected chi connectivity index (χ0v) is 6.74. The largest absolute Gasteiger partial charge is 0.449 e. The number of rotatable bonds is 2. The number of aliphatic imine (C=N–C) groups is 1. The molecule has 0 aromatic carbocycles. The van der Waals surface area contributed by atoms with Gasteiger partial charge in [0, 0.05) is 26.5 Å². The van der Waals surface area contributed by atoms with E-state index in [1.165, 1.54) is 6.20 Å². The van der Waals surface area contributed by atoms with E-state index in [-0.39, 0.29) is 0 Å². The molecule has 70 valence electrons. The van der Waals surface area contributed by atoms with Crippen molar-refractivity contribution >= 4 is 5.84 Å². The van der Waals surface area contributed by atoms with Crippen LogP contribution in [0, 0.1) is 0 Å². The van der Waals surface area contributed by atoms with Gasteiger partial charge in [-0.25, -0.2) is 0 Å². The first kappa shape index (κ1) is 10.8. The number of hydrogen-bond acceptors (Lipinski definition) is 2. The van der Waals surface area contributed by atoms with Gasteiger partial charge in [0.15, 0.2) is 0 Å². The summed E-state index contributed by atoms with van der Waals surface area (Å²) >= 11 is 0. The number of alkyl halides is 3. The highest BCUT2D eigenvalue weighted by molar-refractivity contribution is 5.88. The summed E-state index contributed by atoms with van der Waals surface area (Å²) in [7, 11) is 2.65. The quantitative estimate of drug-likeness (QED) is 0.489. The first-order chi connectivity index (χ1) is 5.52. The average Bonchev–Trinajstić information content (AvgIpc) is 1.95. The fraction of sp³-hybridized carbons (Fsp3) is 0.500. The maximum absolute atomic E-state index is 11.9. The summed E-state index contributed by atoms with van der Waals surface area (Å²) < 4.78 is 35.7. The van der Waals surface area contributed by atoms with E-state index in [4.69, 9.17) is 0 Å². The highest BCUT2D eigenvalue weighted by Gasteiger charge is 2.34. The van der Waals surface area contributed by atoms with Crippen LogP contribution < -0.4 is 10.6 Å². The van der Waals surface area contributed by atoms with Gasteiger partial charge in [-0.05, 0) is 0 Å². The van der Waals surface area contributed by atoms with Crippen molar-refractivity contribution in [2.24, 2.45) is 4.99 Å². The van der Waals surface area contributed by atoms with Crippen LogP contribution in [-0.4, -0.2) is 26.1 Å². The molecule has 0 atom stereocenters. The predicted octanol–water partition coefficient (Wildman–Crippen LogP) is 0.857. The Balaban J connectivity index is 4.13. The van der Waals surface area contributed by atoms with E-state index in [2.05, 4.69) is 10.3 Å². The molecule has 0 bridgehead atoms. The van der Waals surface area contributed by atoms with Gasteiger partial charge >= 0.3 is 6.18 Å². The Labute approximate surface area is 68.4 Å². The fourth-order valence-corrected chi connectivity index (χ4v) is 0.477. The van der Waals surface area contributed by atoms with Gasteiger partial charge in [0.05, 0.1) is 0 Å². The number of amidine groups is 1. The van der Waals surface area contributed by atoms with Crippen molar-refractivity contribution in [3.05, 3.63) is 12.4 Å². The molecule has 0 aliphatic heterocycles. The third-order valence-electron chi connectivity index (χ3n) is 0.962. The lowest BCUT2D eigenvalue weighted by molar-refractivity contribution is -0.0612. The number of nitrogens with one attached hydrogen (secondary N) is 2. The second kappa shape index (κ2) is 4.63. The van der Waals surface area contributed by atoms with E-state index >= 15 is 0 Å². The maximum Gasteiger partial charge on any atom is 0.449 e.